The lowest BCUT2D eigenvalue weighted by atomic mass is 10.1. The maximum Gasteiger partial charge on any atom is 0.328 e. The number of hydrogen-bond donors (Lipinski definition) is 1. The van der Waals surface area contributed by atoms with E-state index in [9.17, 15) is 14.0 Å². The number of carbonyl (C=O) groups excluding carboxylic acids is 1. The molecule has 0 bridgehead atoms. The van der Waals surface area contributed by atoms with E-state index in [4.69, 9.17) is 9.84 Å². The predicted octanol–water partition coefficient (Wildman–Crippen LogP) is 1.06. The van der Waals surface area contributed by atoms with Crippen molar-refractivity contribution in [3.8, 4) is 0 Å². The molecular formula is C13H14FNO4. The molecule has 1 aromatic carbocycles. The average molecular weight is 267 g/mol. The molecule has 1 aliphatic heterocycles. The van der Waals surface area contributed by atoms with Crippen molar-refractivity contribution in [1.29, 1.82) is 0 Å². The molecule has 1 amide bonds. The van der Waals surface area contributed by atoms with Crippen molar-refractivity contribution in [1.82, 2.24) is 4.90 Å². The number of carboxylic acids is 1. The van der Waals surface area contributed by atoms with Crippen LogP contribution in [-0.2, 0) is 9.53 Å². The van der Waals surface area contributed by atoms with Gasteiger partial charge in [0.25, 0.3) is 5.91 Å². The number of nitrogens with zero attached hydrogens (tertiary/aromatic N) is 1. The first-order valence-electron chi connectivity index (χ1n) is 5.88. The first-order chi connectivity index (χ1) is 9.00. The fourth-order valence-electron chi connectivity index (χ4n) is 1.99. The van der Waals surface area contributed by atoms with E-state index in [1.165, 1.54) is 23.1 Å². The Morgan fingerprint density at radius 2 is 2.21 bits per heavy atom. The Morgan fingerprint density at radius 3 is 2.84 bits per heavy atom. The van der Waals surface area contributed by atoms with Crippen LogP contribution in [0.2, 0.25) is 0 Å². The van der Waals surface area contributed by atoms with Gasteiger partial charge in [-0.3, -0.25) is 4.79 Å². The highest BCUT2D eigenvalue weighted by Crippen LogP contribution is 2.15. The minimum atomic E-state index is -1.10. The van der Waals surface area contributed by atoms with Crippen LogP contribution in [0.15, 0.2) is 18.2 Å². The van der Waals surface area contributed by atoms with Crippen LogP contribution in [0.4, 0.5) is 4.39 Å². The summed E-state index contributed by atoms with van der Waals surface area (Å²) in [7, 11) is 0. The Hall–Kier alpha value is -1.95. The third kappa shape index (κ3) is 2.73. The molecule has 1 unspecified atom stereocenters. The van der Waals surface area contributed by atoms with Gasteiger partial charge in [0.05, 0.1) is 13.2 Å². The van der Waals surface area contributed by atoms with Crippen LogP contribution in [0.5, 0.6) is 0 Å². The molecule has 0 aliphatic carbocycles. The highest BCUT2D eigenvalue weighted by molar-refractivity contribution is 5.96. The van der Waals surface area contributed by atoms with E-state index in [0.717, 1.165) is 0 Å². The second-order valence-electron chi connectivity index (χ2n) is 4.39. The number of halogens is 1. The van der Waals surface area contributed by atoms with Crippen molar-refractivity contribution >= 4 is 11.9 Å². The molecule has 0 saturated carbocycles. The van der Waals surface area contributed by atoms with Crippen molar-refractivity contribution in [3.63, 3.8) is 0 Å². The number of benzene rings is 1. The van der Waals surface area contributed by atoms with Crippen molar-refractivity contribution < 1.29 is 23.8 Å². The molecular weight excluding hydrogens is 253 g/mol. The highest BCUT2D eigenvalue weighted by Gasteiger charge is 2.33. The van der Waals surface area contributed by atoms with Crippen LogP contribution >= 0.6 is 0 Å². The summed E-state index contributed by atoms with van der Waals surface area (Å²) in [5.74, 6) is -1.92. The molecule has 1 heterocycles. The number of ether oxygens (including phenoxy) is 1. The summed E-state index contributed by atoms with van der Waals surface area (Å²) in [5.41, 5.74) is 0.637. The van der Waals surface area contributed by atoms with E-state index in [1.807, 2.05) is 0 Å². The molecule has 1 fully saturated rings. The summed E-state index contributed by atoms with van der Waals surface area (Å²) >= 11 is 0. The van der Waals surface area contributed by atoms with Gasteiger partial charge in [0.1, 0.15) is 5.82 Å². The maximum absolute atomic E-state index is 13.2. The lowest BCUT2D eigenvalue weighted by Gasteiger charge is -2.32. The van der Waals surface area contributed by atoms with Crippen LogP contribution in [0.25, 0.3) is 0 Å². The highest BCUT2D eigenvalue weighted by atomic mass is 19.1. The number of morpholine rings is 1. The summed E-state index contributed by atoms with van der Waals surface area (Å²) in [6.07, 6.45) is 0. The van der Waals surface area contributed by atoms with Crippen molar-refractivity contribution in [2.75, 3.05) is 19.8 Å². The molecule has 1 aromatic rings. The van der Waals surface area contributed by atoms with Gasteiger partial charge in [-0.2, -0.15) is 0 Å². The van der Waals surface area contributed by atoms with Crippen LogP contribution in [0.1, 0.15) is 15.9 Å². The quantitative estimate of drug-likeness (QED) is 0.870. The zero-order chi connectivity index (χ0) is 14.0. The second-order valence-corrected chi connectivity index (χ2v) is 4.39. The van der Waals surface area contributed by atoms with Gasteiger partial charge >= 0.3 is 5.97 Å². The second kappa shape index (κ2) is 5.36. The van der Waals surface area contributed by atoms with Gasteiger partial charge < -0.3 is 14.7 Å². The number of amides is 1. The molecule has 19 heavy (non-hydrogen) atoms. The molecule has 1 N–H and O–H groups in total. The number of hydrogen-bond acceptors (Lipinski definition) is 3. The fraction of sp³-hybridized carbons (Fsp3) is 0.385. The molecule has 2 rings (SSSR count). The van der Waals surface area contributed by atoms with Crippen molar-refractivity contribution in [2.24, 2.45) is 0 Å². The average Bonchev–Trinajstić information content (AvgIpc) is 2.41. The van der Waals surface area contributed by atoms with Gasteiger partial charge in [-0.1, -0.05) is 0 Å². The van der Waals surface area contributed by atoms with Crippen LogP contribution in [-0.4, -0.2) is 47.7 Å². The lowest BCUT2D eigenvalue weighted by molar-refractivity contribution is -0.147. The molecule has 1 atom stereocenters. The molecule has 0 radical (unpaired) electrons. The van der Waals surface area contributed by atoms with E-state index in [0.29, 0.717) is 12.2 Å². The Labute approximate surface area is 109 Å². The number of aliphatic carboxylic acids is 1. The maximum atomic E-state index is 13.2. The molecule has 0 spiro atoms. The van der Waals surface area contributed by atoms with Gasteiger partial charge in [0.2, 0.25) is 0 Å². The van der Waals surface area contributed by atoms with E-state index in [1.54, 1.807) is 6.92 Å². The lowest BCUT2D eigenvalue weighted by Crippen LogP contribution is -2.52. The Balaban J connectivity index is 2.26. The van der Waals surface area contributed by atoms with Gasteiger partial charge in [0, 0.05) is 12.1 Å². The molecule has 102 valence electrons. The first kappa shape index (κ1) is 13.5. The molecule has 1 saturated heterocycles. The van der Waals surface area contributed by atoms with Gasteiger partial charge in [0.15, 0.2) is 6.04 Å². The summed E-state index contributed by atoms with van der Waals surface area (Å²) < 4.78 is 18.2. The zero-order valence-electron chi connectivity index (χ0n) is 10.4. The van der Waals surface area contributed by atoms with E-state index in [-0.39, 0.29) is 18.7 Å². The SMILES string of the molecule is Cc1cc(C(=O)N2CCOCC2C(=O)O)ccc1F. The van der Waals surface area contributed by atoms with Crippen molar-refractivity contribution in [3.05, 3.63) is 35.1 Å². The van der Waals surface area contributed by atoms with E-state index in [2.05, 4.69) is 0 Å². The molecule has 0 aromatic heterocycles. The van der Waals surface area contributed by atoms with E-state index >= 15 is 0 Å². The number of carboxylic acid groups (broad SMARTS) is 1. The third-order valence-electron chi connectivity index (χ3n) is 3.08. The smallest absolute Gasteiger partial charge is 0.328 e. The Bertz CT molecular complexity index is 517. The fourth-order valence-corrected chi connectivity index (χ4v) is 1.99. The van der Waals surface area contributed by atoms with Crippen LogP contribution in [0, 0.1) is 12.7 Å². The van der Waals surface area contributed by atoms with Crippen LogP contribution in [0.3, 0.4) is 0 Å². The summed E-state index contributed by atoms with van der Waals surface area (Å²) in [5, 5.41) is 9.07. The predicted molar refractivity (Wildman–Crippen MR) is 64.4 cm³/mol. The normalized spacial score (nSPS) is 19.3. The zero-order valence-corrected chi connectivity index (χ0v) is 10.4. The summed E-state index contributed by atoms with van der Waals surface area (Å²) in [6, 6.07) is 3.00. The summed E-state index contributed by atoms with van der Waals surface area (Å²) in [4.78, 5) is 24.6. The molecule has 1 aliphatic rings. The molecule has 6 heteroatoms. The monoisotopic (exact) mass is 267 g/mol. The Morgan fingerprint density at radius 1 is 1.47 bits per heavy atom. The summed E-state index contributed by atoms with van der Waals surface area (Å²) in [6.45, 7) is 2.04. The largest absolute Gasteiger partial charge is 0.480 e. The topological polar surface area (TPSA) is 66.8 Å². The minimum Gasteiger partial charge on any atom is -0.480 e. The number of rotatable bonds is 2. The van der Waals surface area contributed by atoms with E-state index < -0.39 is 23.7 Å². The number of carbonyl (C=O) groups is 2. The first-order valence-corrected chi connectivity index (χ1v) is 5.88. The Kier molecular flexibility index (Phi) is 3.80. The van der Waals surface area contributed by atoms with Gasteiger partial charge in [-0.05, 0) is 30.7 Å². The number of aryl methyl sites for hydroxylation is 1. The molecule has 5 nitrogen and oxygen atoms in total. The van der Waals surface area contributed by atoms with Gasteiger partial charge in [-0.25, -0.2) is 9.18 Å². The minimum absolute atomic E-state index is 0.0265. The van der Waals surface area contributed by atoms with Crippen LogP contribution < -0.4 is 0 Å². The third-order valence-corrected chi connectivity index (χ3v) is 3.08. The van der Waals surface area contributed by atoms with Crippen molar-refractivity contribution in [2.45, 2.75) is 13.0 Å². The standard InChI is InChI=1S/C13H14FNO4/c1-8-6-9(2-3-10(8)14)12(16)15-4-5-19-7-11(15)13(17)18/h2-3,6,11H,4-5,7H2,1H3,(H,17,18). The van der Waals surface area contributed by atoms with Gasteiger partial charge in [-0.15, -0.1) is 0 Å².